The number of carbonyl (C=O) groups excluding carboxylic acids is 1. The molecule has 0 spiro atoms. The van der Waals surface area contributed by atoms with Crippen molar-refractivity contribution in [1.82, 2.24) is 14.5 Å². The summed E-state index contributed by atoms with van der Waals surface area (Å²) in [5.41, 5.74) is 1.56. The number of sulfone groups is 1. The molecule has 1 saturated carbocycles. The number of carbonyl (C=O) groups is 1. The molecule has 0 saturated heterocycles. The van der Waals surface area contributed by atoms with Gasteiger partial charge in [0.1, 0.15) is 11.6 Å². The molecule has 0 radical (unpaired) electrons. The van der Waals surface area contributed by atoms with E-state index in [9.17, 15) is 17.6 Å². The molecule has 1 aromatic heterocycles. The molecular formula is C25H28FN3O5S. The molecule has 2 aromatic carbocycles. The fourth-order valence-electron chi connectivity index (χ4n) is 3.90. The predicted octanol–water partition coefficient (Wildman–Crippen LogP) is 3.46. The maximum Gasteiger partial charge on any atom is 0.254 e. The van der Waals surface area contributed by atoms with Crippen molar-refractivity contribution in [3.05, 3.63) is 77.4 Å². The predicted molar refractivity (Wildman–Crippen MR) is 127 cm³/mol. The van der Waals surface area contributed by atoms with E-state index in [4.69, 9.17) is 9.47 Å². The van der Waals surface area contributed by atoms with E-state index in [1.807, 2.05) is 0 Å². The summed E-state index contributed by atoms with van der Waals surface area (Å²) in [6.45, 7) is 0.745. The first kappa shape index (κ1) is 24.9. The Morgan fingerprint density at radius 3 is 2.57 bits per heavy atom. The van der Waals surface area contributed by atoms with Gasteiger partial charge < -0.3 is 18.9 Å². The van der Waals surface area contributed by atoms with E-state index < -0.39 is 15.7 Å². The molecule has 3 aromatic rings. The van der Waals surface area contributed by atoms with Crippen molar-refractivity contribution in [2.45, 2.75) is 42.9 Å². The lowest BCUT2D eigenvalue weighted by Crippen LogP contribution is -2.33. The van der Waals surface area contributed by atoms with Crippen molar-refractivity contribution in [3.8, 4) is 5.75 Å². The van der Waals surface area contributed by atoms with Crippen LogP contribution < -0.4 is 4.74 Å². The summed E-state index contributed by atoms with van der Waals surface area (Å²) in [5.74, 6) is -0.311. The van der Waals surface area contributed by atoms with Gasteiger partial charge in [-0.1, -0.05) is 18.2 Å². The Balaban J connectivity index is 1.63. The van der Waals surface area contributed by atoms with Crippen LogP contribution in [0.4, 0.5) is 4.39 Å². The van der Waals surface area contributed by atoms with Crippen LogP contribution in [0, 0.1) is 5.82 Å². The fourth-order valence-corrected chi connectivity index (χ4v) is 5.42. The molecule has 8 nitrogen and oxygen atoms in total. The highest BCUT2D eigenvalue weighted by Crippen LogP contribution is 2.31. The molecule has 1 amide bonds. The van der Waals surface area contributed by atoms with Gasteiger partial charge in [-0.15, -0.1) is 0 Å². The highest BCUT2D eigenvalue weighted by atomic mass is 32.2. The Morgan fingerprint density at radius 1 is 1.17 bits per heavy atom. The Hall–Kier alpha value is -3.24. The Kier molecular flexibility index (Phi) is 7.51. The van der Waals surface area contributed by atoms with Crippen molar-refractivity contribution < 1.29 is 27.1 Å². The van der Waals surface area contributed by atoms with Gasteiger partial charge in [0.2, 0.25) is 15.0 Å². The molecule has 10 heteroatoms. The normalized spacial score (nSPS) is 13.6. The summed E-state index contributed by atoms with van der Waals surface area (Å²) in [5, 5.41) is -0.0987. The van der Waals surface area contributed by atoms with Crippen molar-refractivity contribution in [2.24, 2.45) is 0 Å². The third kappa shape index (κ3) is 5.88. The minimum atomic E-state index is -3.83. The maximum atomic E-state index is 13.4. The van der Waals surface area contributed by atoms with E-state index in [0.717, 1.165) is 12.8 Å². The fraction of sp³-hybridized carbons (Fsp3) is 0.360. The third-order valence-electron chi connectivity index (χ3n) is 5.87. The molecule has 0 unspecified atom stereocenters. The van der Waals surface area contributed by atoms with Gasteiger partial charge in [0.15, 0.2) is 0 Å². The first-order valence-corrected chi connectivity index (χ1v) is 12.9. The minimum absolute atomic E-state index is 0.0822. The Labute approximate surface area is 204 Å². The Morgan fingerprint density at radius 2 is 1.91 bits per heavy atom. The molecule has 0 bridgehead atoms. The maximum absolute atomic E-state index is 13.4. The number of hydrogen-bond donors (Lipinski definition) is 0. The van der Waals surface area contributed by atoms with E-state index in [0.29, 0.717) is 22.6 Å². The number of benzene rings is 2. The van der Waals surface area contributed by atoms with Crippen LogP contribution in [0.3, 0.4) is 0 Å². The lowest BCUT2D eigenvalue weighted by Gasteiger charge is -2.23. The molecule has 1 aliphatic carbocycles. The second-order valence-corrected chi connectivity index (χ2v) is 10.3. The molecular weight excluding hydrogens is 473 g/mol. The summed E-state index contributed by atoms with van der Waals surface area (Å²) in [6.07, 6.45) is 3.27. The van der Waals surface area contributed by atoms with Crippen LogP contribution in [0.1, 0.15) is 34.5 Å². The van der Waals surface area contributed by atoms with Gasteiger partial charge in [0.05, 0.1) is 37.9 Å². The topological polar surface area (TPSA) is 90.7 Å². The van der Waals surface area contributed by atoms with Crippen LogP contribution in [0.15, 0.2) is 59.9 Å². The van der Waals surface area contributed by atoms with Gasteiger partial charge in [-0.25, -0.2) is 17.8 Å². The van der Waals surface area contributed by atoms with E-state index >= 15 is 0 Å². The van der Waals surface area contributed by atoms with E-state index in [-0.39, 0.29) is 42.6 Å². The minimum Gasteiger partial charge on any atom is -0.497 e. The smallest absolute Gasteiger partial charge is 0.254 e. The number of imidazole rings is 1. The van der Waals surface area contributed by atoms with Crippen molar-refractivity contribution in [3.63, 3.8) is 0 Å². The second kappa shape index (κ2) is 10.6. The average molecular weight is 502 g/mol. The van der Waals surface area contributed by atoms with E-state index in [1.165, 1.54) is 37.6 Å². The summed E-state index contributed by atoms with van der Waals surface area (Å²) in [6, 6.07) is 12.4. The second-order valence-electron chi connectivity index (χ2n) is 8.46. The van der Waals surface area contributed by atoms with Gasteiger partial charge in [-0.3, -0.25) is 4.79 Å². The summed E-state index contributed by atoms with van der Waals surface area (Å²) in [7, 11) is -0.754. The van der Waals surface area contributed by atoms with Gasteiger partial charge in [0.25, 0.3) is 5.91 Å². The van der Waals surface area contributed by atoms with Crippen molar-refractivity contribution in [1.29, 1.82) is 0 Å². The summed E-state index contributed by atoms with van der Waals surface area (Å²) < 4.78 is 51.8. The van der Waals surface area contributed by atoms with E-state index in [1.54, 1.807) is 40.8 Å². The molecule has 35 heavy (non-hydrogen) atoms. The summed E-state index contributed by atoms with van der Waals surface area (Å²) >= 11 is 0. The van der Waals surface area contributed by atoms with E-state index in [2.05, 4.69) is 4.98 Å². The number of rotatable bonds is 11. The number of halogens is 1. The molecule has 0 atom stereocenters. The summed E-state index contributed by atoms with van der Waals surface area (Å²) in [4.78, 5) is 19.4. The highest BCUT2D eigenvalue weighted by molar-refractivity contribution is 7.90. The molecule has 1 aliphatic rings. The molecule has 1 heterocycles. The number of amides is 1. The number of methoxy groups -OCH3 is 2. The van der Waals surface area contributed by atoms with Gasteiger partial charge >= 0.3 is 0 Å². The Bertz CT molecular complexity index is 1290. The standard InChI is InChI=1S/C25H28FN3O5S/c1-33-13-12-28-22(15-27-25(28)35(31,32)17-18-6-8-20(26)9-7-18)16-29(21-10-11-21)24(30)19-4-3-5-23(14-19)34-2/h3-9,14-15,21H,10-13,16-17H2,1-2H3. The first-order chi connectivity index (χ1) is 16.8. The highest BCUT2D eigenvalue weighted by Gasteiger charge is 2.35. The first-order valence-electron chi connectivity index (χ1n) is 11.3. The van der Waals surface area contributed by atoms with Gasteiger partial charge in [-0.05, 0) is 48.7 Å². The number of ether oxygens (including phenoxy) is 2. The quantitative estimate of drug-likeness (QED) is 0.400. The average Bonchev–Trinajstić information content (AvgIpc) is 3.61. The van der Waals surface area contributed by atoms with Crippen LogP contribution in [0.25, 0.3) is 0 Å². The SMILES string of the molecule is COCCn1c(CN(C(=O)c2cccc(OC)c2)C2CC2)cnc1S(=O)(=O)Cc1ccc(F)cc1. The zero-order valence-electron chi connectivity index (χ0n) is 19.7. The van der Waals surface area contributed by atoms with Crippen LogP contribution in [0.5, 0.6) is 5.75 Å². The molecule has 1 fully saturated rings. The number of aromatic nitrogens is 2. The van der Waals surface area contributed by atoms with Gasteiger partial charge in [-0.2, -0.15) is 0 Å². The lowest BCUT2D eigenvalue weighted by atomic mass is 10.1. The number of nitrogens with zero attached hydrogens (tertiary/aromatic N) is 3. The molecule has 4 rings (SSSR count). The van der Waals surface area contributed by atoms with Crippen LogP contribution >= 0.6 is 0 Å². The largest absolute Gasteiger partial charge is 0.497 e. The van der Waals surface area contributed by atoms with Crippen LogP contribution in [0.2, 0.25) is 0 Å². The van der Waals surface area contributed by atoms with Crippen LogP contribution in [-0.2, 0) is 33.4 Å². The molecule has 0 aliphatic heterocycles. The third-order valence-corrected chi connectivity index (χ3v) is 7.46. The van der Waals surface area contributed by atoms with Crippen LogP contribution in [-0.4, -0.2) is 55.6 Å². The monoisotopic (exact) mass is 501 g/mol. The number of hydrogen-bond acceptors (Lipinski definition) is 6. The molecule has 0 N–H and O–H groups in total. The van der Waals surface area contributed by atoms with Gasteiger partial charge in [0, 0.05) is 25.3 Å². The van der Waals surface area contributed by atoms with Crippen molar-refractivity contribution >= 4 is 15.7 Å². The molecule has 186 valence electrons. The zero-order valence-corrected chi connectivity index (χ0v) is 20.5. The van der Waals surface area contributed by atoms with Crippen molar-refractivity contribution in [2.75, 3.05) is 20.8 Å². The zero-order chi connectivity index (χ0) is 25.0. The lowest BCUT2D eigenvalue weighted by molar-refractivity contribution is 0.0724.